The Balaban J connectivity index is 1.70. The molecule has 1 unspecified atom stereocenters. The molecular weight excluding hydrogens is 270 g/mol. The fraction of sp³-hybridized carbons (Fsp3) is 0.211. The van der Waals surface area contributed by atoms with Crippen molar-refractivity contribution in [3.8, 4) is 23.6 Å². The van der Waals surface area contributed by atoms with Gasteiger partial charge in [-0.1, -0.05) is 24.1 Å². The molecule has 3 nitrogen and oxygen atoms in total. The number of rotatable bonds is 2. The number of nitrogens with zero attached hydrogens (tertiary/aromatic N) is 1. The Labute approximate surface area is 129 Å². The molecule has 3 heteroatoms. The minimum absolute atomic E-state index is 0.368. The van der Waals surface area contributed by atoms with Crippen LogP contribution in [0.3, 0.4) is 0 Å². The number of hydrogen-bond acceptors (Lipinski definition) is 2. The summed E-state index contributed by atoms with van der Waals surface area (Å²) in [6, 6.07) is 12.9. The number of fused-ring (bicyclic) bond motifs is 1. The number of aromatic nitrogens is 2. The second-order valence-electron chi connectivity index (χ2n) is 5.75. The molecule has 0 saturated carbocycles. The second kappa shape index (κ2) is 5.32. The highest BCUT2D eigenvalue weighted by Crippen LogP contribution is 2.26. The maximum Gasteiger partial charge on any atom is 0.123 e. The molecular formula is C19H17N3. The van der Waals surface area contributed by atoms with Gasteiger partial charge in [0.25, 0.3) is 0 Å². The lowest BCUT2D eigenvalue weighted by molar-refractivity contribution is 0.613. The van der Waals surface area contributed by atoms with Gasteiger partial charge in [0, 0.05) is 11.1 Å². The topological polar surface area (TPSA) is 40.7 Å². The molecule has 108 valence electrons. The van der Waals surface area contributed by atoms with Crippen LogP contribution in [0.15, 0.2) is 42.6 Å². The normalized spacial score (nSPS) is 17.7. The Morgan fingerprint density at radius 3 is 2.82 bits per heavy atom. The number of H-pyrrole nitrogens is 1. The van der Waals surface area contributed by atoms with Gasteiger partial charge in [-0.05, 0) is 48.4 Å². The van der Waals surface area contributed by atoms with Crippen LogP contribution in [0.5, 0.6) is 0 Å². The second-order valence-corrected chi connectivity index (χ2v) is 5.75. The van der Waals surface area contributed by atoms with Crippen molar-refractivity contribution >= 4 is 10.8 Å². The highest BCUT2D eigenvalue weighted by Gasteiger charge is 2.19. The molecule has 1 aliphatic heterocycles. The van der Waals surface area contributed by atoms with E-state index in [4.69, 9.17) is 6.42 Å². The zero-order valence-corrected chi connectivity index (χ0v) is 12.3. The van der Waals surface area contributed by atoms with E-state index >= 15 is 0 Å². The molecule has 22 heavy (non-hydrogen) atoms. The summed E-state index contributed by atoms with van der Waals surface area (Å²) in [6.07, 6.45) is 9.75. The van der Waals surface area contributed by atoms with Crippen LogP contribution in [0.2, 0.25) is 0 Å². The molecule has 1 saturated heterocycles. The van der Waals surface area contributed by atoms with E-state index in [2.05, 4.69) is 45.5 Å². The van der Waals surface area contributed by atoms with E-state index in [0.717, 1.165) is 41.0 Å². The molecule has 1 fully saturated rings. The minimum atomic E-state index is 0.368. The molecule has 0 bridgehead atoms. The smallest absolute Gasteiger partial charge is 0.123 e. The summed E-state index contributed by atoms with van der Waals surface area (Å²) < 4.78 is 0. The molecule has 2 N–H and O–H groups in total. The molecule has 2 aromatic carbocycles. The molecule has 0 amide bonds. The van der Waals surface area contributed by atoms with Crippen molar-refractivity contribution in [2.75, 3.05) is 6.54 Å². The zero-order valence-electron chi connectivity index (χ0n) is 12.3. The van der Waals surface area contributed by atoms with Crippen LogP contribution in [0.4, 0.5) is 0 Å². The Hall–Kier alpha value is -2.57. The van der Waals surface area contributed by atoms with Gasteiger partial charge in [0.15, 0.2) is 0 Å². The fourth-order valence-corrected chi connectivity index (χ4v) is 3.08. The number of benzene rings is 2. The molecule has 0 radical (unpaired) electrons. The Kier molecular flexibility index (Phi) is 3.17. The third kappa shape index (κ3) is 2.28. The van der Waals surface area contributed by atoms with Crippen LogP contribution in [0, 0.1) is 12.3 Å². The lowest BCUT2D eigenvalue weighted by atomic mass is 10.0. The first-order valence-electron chi connectivity index (χ1n) is 7.62. The van der Waals surface area contributed by atoms with Gasteiger partial charge in [-0.2, -0.15) is 0 Å². The molecule has 4 rings (SSSR count). The zero-order chi connectivity index (χ0) is 14.9. The van der Waals surface area contributed by atoms with Crippen molar-refractivity contribution in [1.29, 1.82) is 0 Å². The highest BCUT2D eigenvalue weighted by molar-refractivity contribution is 5.87. The van der Waals surface area contributed by atoms with Gasteiger partial charge in [-0.15, -0.1) is 6.42 Å². The predicted octanol–water partition coefficient (Wildman–Crippen LogP) is 3.64. The SMILES string of the molecule is C#Cc1ccc2cc(-c3cnc(C4CCCN4)[nH]3)ccc2c1. The van der Waals surface area contributed by atoms with E-state index in [1.54, 1.807) is 0 Å². The Morgan fingerprint density at radius 2 is 2.00 bits per heavy atom. The van der Waals surface area contributed by atoms with Crippen LogP contribution in [-0.4, -0.2) is 16.5 Å². The minimum Gasteiger partial charge on any atom is -0.341 e. The molecule has 1 aromatic heterocycles. The average Bonchev–Trinajstić information content (AvgIpc) is 3.24. The maximum atomic E-state index is 5.46. The average molecular weight is 287 g/mol. The van der Waals surface area contributed by atoms with Crippen molar-refractivity contribution in [3.63, 3.8) is 0 Å². The largest absolute Gasteiger partial charge is 0.341 e. The summed E-state index contributed by atoms with van der Waals surface area (Å²) in [5.41, 5.74) is 3.13. The van der Waals surface area contributed by atoms with E-state index in [1.165, 1.54) is 11.8 Å². The van der Waals surface area contributed by atoms with Crippen LogP contribution < -0.4 is 5.32 Å². The summed E-state index contributed by atoms with van der Waals surface area (Å²) in [7, 11) is 0. The summed E-state index contributed by atoms with van der Waals surface area (Å²) >= 11 is 0. The number of hydrogen-bond donors (Lipinski definition) is 2. The standard InChI is InChI=1S/C19H17N3/c1-2-13-5-6-15-11-16(8-7-14(15)10-13)18-12-21-19(22-18)17-4-3-9-20-17/h1,5-8,10-12,17,20H,3-4,9H2,(H,21,22). The van der Waals surface area contributed by atoms with Gasteiger partial charge in [-0.25, -0.2) is 4.98 Å². The summed E-state index contributed by atoms with van der Waals surface area (Å²) in [6.45, 7) is 1.08. The van der Waals surface area contributed by atoms with Gasteiger partial charge in [-0.3, -0.25) is 0 Å². The number of nitrogens with one attached hydrogen (secondary N) is 2. The van der Waals surface area contributed by atoms with E-state index in [0.29, 0.717) is 6.04 Å². The van der Waals surface area contributed by atoms with E-state index in [-0.39, 0.29) is 0 Å². The van der Waals surface area contributed by atoms with Crippen molar-refractivity contribution in [1.82, 2.24) is 15.3 Å². The van der Waals surface area contributed by atoms with Crippen LogP contribution >= 0.6 is 0 Å². The molecule has 2 heterocycles. The molecule has 1 aliphatic rings. The predicted molar refractivity (Wildman–Crippen MR) is 89.4 cm³/mol. The van der Waals surface area contributed by atoms with Crippen LogP contribution in [0.1, 0.15) is 30.3 Å². The third-order valence-corrected chi connectivity index (χ3v) is 4.30. The summed E-state index contributed by atoms with van der Waals surface area (Å²) in [5.74, 6) is 3.71. The van der Waals surface area contributed by atoms with E-state index < -0.39 is 0 Å². The lowest BCUT2D eigenvalue weighted by Gasteiger charge is -2.06. The number of imidazole rings is 1. The first-order valence-corrected chi connectivity index (χ1v) is 7.62. The Morgan fingerprint density at radius 1 is 1.14 bits per heavy atom. The monoisotopic (exact) mass is 287 g/mol. The van der Waals surface area contributed by atoms with Crippen molar-refractivity contribution in [2.24, 2.45) is 0 Å². The van der Waals surface area contributed by atoms with Gasteiger partial charge < -0.3 is 10.3 Å². The Bertz CT molecular complexity index is 864. The quantitative estimate of drug-likeness (QED) is 0.707. The maximum absolute atomic E-state index is 5.46. The van der Waals surface area contributed by atoms with E-state index in [9.17, 15) is 0 Å². The molecule has 3 aromatic rings. The van der Waals surface area contributed by atoms with Gasteiger partial charge in [0.1, 0.15) is 5.82 Å². The van der Waals surface area contributed by atoms with Crippen molar-refractivity contribution in [2.45, 2.75) is 18.9 Å². The van der Waals surface area contributed by atoms with Crippen molar-refractivity contribution < 1.29 is 0 Å². The fourth-order valence-electron chi connectivity index (χ4n) is 3.08. The highest BCUT2D eigenvalue weighted by atomic mass is 15.0. The van der Waals surface area contributed by atoms with Gasteiger partial charge in [0.05, 0.1) is 17.9 Å². The first kappa shape index (κ1) is 13.1. The molecule has 0 aliphatic carbocycles. The summed E-state index contributed by atoms with van der Waals surface area (Å²) in [5, 5.41) is 5.82. The number of terminal acetylenes is 1. The number of aromatic amines is 1. The summed E-state index contributed by atoms with van der Waals surface area (Å²) in [4.78, 5) is 7.99. The molecule has 0 spiro atoms. The van der Waals surface area contributed by atoms with Crippen LogP contribution in [-0.2, 0) is 0 Å². The first-order chi connectivity index (χ1) is 10.8. The van der Waals surface area contributed by atoms with E-state index in [1.807, 2.05) is 18.3 Å². The third-order valence-electron chi connectivity index (χ3n) is 4.30. The van der Waals surface area contributed by atoms with Crippen molar-refractivity contribution in [3.05, 3.63) is 54.0 Å². The van der Waals surface area contributed by atoms with Gasteiger partial charge in [0.2, 0.25) is 0 Å². The van der Waals surface area contributed by atoms with Crippen LogP contribution in [0.25, 0.3) is 22.0 Å². The van der Waals surface area contributed by atoms with Gasteiger partial charge >= 0.3 is 0 Å². The molecule has 1 atom stereocenters. The lowest BCUT2D eigenvalue weighted by Crippen LogP contribution is -2.14.